The lowest BCUT2D eigenvalue weighted by atomic mass is 9.82. The van der Waals surface area contributed by atoms with Crippen LogP contribution in [0.15, 0.2) is 84.9 Å². The summed E-state index contributed by atoms with van der Waals surface area (Å²) in [5.41, 5.74) is 9.50. The molecule has 4 rings (SSSR count). The van der Waals surface area contributed by atoms with Gasteiger partial charge in [-0.25, -0.2) is 0 Å². The Kier molecular flexibility index (Phi) is 9.11. The summed E-state index contributed by atoms with van der Waals surface area (Å²) >= 11 is 0. The highest BCUT2D eigenvalue weighted by atomic mass is 16.5. The van der Waals surface area contributed by atoms with E-state index in [1.807, 2.05) is 30.3 Å². The minimum atomic E-state index is -0.384. The summed E-state index contributed by atoms with van der Waals surface area (Å²) in [5.74, 6) is 0.733. The summed E-state index contributed by atoms with van der Waals surface area (Å²) in [6.45, 7) is 3.38. The Morgan fingerprint density at radius 1 is 0.917 bits per heavy atom. The number of esters is 1. The van der Waals surface area contributed by atoms with Crippen molar-refractivity contribution in [1.82, 2.24) is 9.80 Å². The summed E-state index contributed by atoms with van der Waals surface area (Å²) in [5, 5.41) is 0. The number of rotatable bonds is 10. The monoisotopic (exact) mass is 487 g/mol. The van der Waals surface area contributed by atoms with Gasteiger partial charge < -0.3 is 15.2 Å². The first kappa shape index (κ1) is 25.9. The van der Waals surface area contributed by atoms with E-state index in [0.717, 1.165) is 30.8 Å². The number of nitrogens with zero attached hydrogens (tertiary/aromatic N) is 2. The highest BCUT2D eigenvalue weighted by Gasteiger charge is 2.43. The van der Waals surface area contributed by atoms with Crippen molar-refractivity contribution in [3.8, 4) is 5.75 Å². The summed E-state index contributed by atoms with van der Waals surface area (Å²) in [4.78, 5) is 17.9. The lowest BCUT2D eigenvalue weighted by Crippen LogP contribution is -2.63. The number of hydrogen-bond acceptors (Lipinski definition) is 6. The van der Waals surface area contributed by atoms with Gasteiger partial charge in [-0.3, -0.25) is 14.6 Å². The van der Waals surface area contributed by atoms with Gasteiger partial charge in [0.2, 0.25) is 0 Å². The van der Waals surface area contributed by atoms with Crippen molar-refractivity contribution in [2.75, 3.05) is 40.4 Å². The van der Waals surface area contributed by atoms with E-state index in [2.05, 4.69) is 64.4 Å². The summed E-state index contributed by atoms with van der Waals surface area (Å²) < 4.78 is 10.9. The molecule has 0 radical (unpaired) electrons. The third-order valence-electron chi connectivity index (χ3n) is 7.09. The third kappa shape index (κ3) is 5.95. The molecule has 1 aliphatic rings. The number of piperazine rings is 1. The molecular formula is C30H37N3O3. The quantitative estimate of drug-likeness (QED) is 0.438. The molecular weight excluding hydrogens is 450 g/mol. The molecule has 2 atom stereocenters. The highest BCUT2D eigenvalue weighted by Crippen LogP contribution is 2.35. The number of para-hydroxylation sites is 1. The average molecular weight is 488 g/mol. The van der Waals surface area contributed by atoms with E-state index >= 15 is 0 Å². The van der Waals surface area contributed by atoms with Crippen LogP contribution in [0.2, 0.25) is 0 Å². The van der Waals surface area contributed by atoms with Crippen molar-refractivity contribution < 1.29 is 14.3 Å². The molecule has 3 aromatic carbocycles. The molecule has 6 nitrogen and oxygen atoms in total. The van der Waals surface area contributed by atoms with E-state index in [0.29, 0.717) is 19.6 Å². The number of benzene rings is 3. The van der Waals surface area contributed by atoms with E-state index in [1.165, 1.54) is 18.2 Å². The fourth-order valence-electron chi connectivity index (χ4n) is 5.42. The zero-order valence-corrected chi connectivity index (χ0v) is 21.3. The van der Waals surface area contributed by atoms with Gasteiger partial charge in [-0.1, -0.05) is 78.9 Å². The van der Waals surface area contributed by atoms with Crippen molar-refractivity contribution in [1.29, 1.82) is 0 Å². The maximum Gasteiger partial charge on any atom is 0.324 e. The second kappa shape index (κ2) is 12.7. The molecule has 0 amide bonds. The minimum Gasteiger partial charge on any atom is -0.496 e. The molecule has 1 saturated heterocycles. The van der Waals surface area contributed by atoms with Gasteiger partial charge >= 0.3 is 5.97 Å². The number of nitrogens with two attached hydrogens (primary N) is 1. The molecule has 2 N–H and O–H groups in total. The van der Waals surface area contributed by atoms with Crippen LogP contribution in [0.5, 0.6) is 5.75 Å². The first-order chi connectivity index (χ1) is 17.7. The smallest absolute Gasteiger partial charge is 0.324 e. The van der Waals surface area contributed by atoms with Gasteiger partial charge in [-0.05, 0) is 30.2 Å². The molecule has 0 spiro atoms. The van der Waals surface area contributed by atoms with E-state index in [-0.39, 0.29) is 24.0 Å². The van der Waals surface area contributed by atoms with Gasteiger partial charge in [-0.15, -0.1) is 0 Å². The van der Waals surface area contributed by atoms with Crippen LogP contribution in [-0.4, -0.2) is 68.3 Å². The predicted octanol–water partition coefficient (Wildman–Crippen LogP) is 3.90. The summed E-state index contributed by atoms with van der Waals surface area (Å²) in [6, 6.07) is 28.9. The average Bonchev–Trinajstić information content (AvgIpc) is 2.93. The molecule has 6 heteroatoms. The Bertz CT molecular complexity index is 1050. The molecule has 1 aliphatic heterocycles. The minimum absolute atomic E-state index is 0.0499. The largest absolute Gasteiger partial charge is 0.496 e. The molecule has 1 unspecified atom stereocenters. The van der Waals surface area contributed by atoms with E-state index in [9.17, 15) is 4.79 Å². The molecule has 0 saturated carbocycles. The number of hydrogen-bond donors (Lipinski definition) is 1. The number of carbonyl (C=O) groups is 1. The Morgan fingerprint density at radius 3 is 2.11 bits per heavy atom. The van der Waals surface area contributed by atoms with E-state index in [1.54, 1.807) is 7.11 Å². The summed E-state index contributed by atoms with van der Waals surface area (Å²) in [7, 11) is 3.17. The molecule has 3 aromatic rings. The van der Waals surface area contributed by atoms with Crippen LogP contribution in [0.4, 0.5) is 0 Å². The van der Waals surface area contributed by atoms with Crippen LogP contribution >= 0.6 is 0 Å². The number of methoxy groups -OCH3 is 2. The predicted molar refractivity (Wildman–Crippen MR) is 143 cm³/mol. The van der Waals surface area contributed by atoms with Crippen LogP contribution in [0.1, 0.15) is 29.0 Å². The highest BCUT2D eigenvalue weighted by molar-refractivity contribution is 5.76. The van der Waals surface area contributed by atoms with Gasteiger partial charge in [0, 0.05) is 43.7 Å². The van der Waals surface area contributed by atoms with Crippen LogP contribution < -0.4 is 10.5 Å². The SMILES string of the molecule is COC(=O)[C@H]1CN(Cc2ccccc2OC)CC(C(c2ccccc2)c2ccccc2)N1CCCN. The van der Waals surface area contributed by atoms with Crippen molar-refractivity contribution in [3.63, 3.8) is 0 Å². The first-order valence-electron chi connectivity index (χ1n) is 12.6. The molecule has 1 heterocycles. The van der Waals surface area contributed by atoms with Crippen molar-refractivity contribution >= 4 is 5.97 Å². The van der Waals surface area contributed by atoms with Crippen LogP contribution in [0.3, 0.4) is 0 Å². The van der Waals surface area contributed by atoms with E-state index < -0.39 is 0 Å². The normalized spacial score (nSPS) is 18.8. The van der Waals surface area contributed by atoms with Crippen molar-refractivity contribution in [3.05, 3.63) is 102 Å². The van der Waals surface area contributed by atoms with Gasteiger partial charge in [0.25, 0.3) is 0 Å². The van der Waals surface area contributed by atoms with Gasteiger partial charge in [0.15, 0.2) is 0 Å². The molecule has 190 valence electrons. The van der Waals surface area contributed by atoms with Gasteiger partial charge in [-0.2, -0.15) is 0 Å². The standard InChI is InChI=1S/C30H37N3O3/c1-35-28-17-10-9-16-25(28)20-32-21-26(33(19-11-18-31)27(22-32)30(34)36-2)29(23-12-5-3-6-13-23)24-14-7-4-8-15-24/h3-10,12-17,26-27,29H,11,18-22,31H2,1-2H3/t26?,27-/m1/s1. The number of ether oxygens (including phenoxy) is 2. The molecule has 0 bridgehead atoms. The molecule has 36 heavy (non-hydrogen) atoms. The van der Waals surface area contributed by atoms with Gasteiger partial charge in [0.1, 0.15) is 11.8 Å². The zero-order valence-electron chi connectivity index (χ0n) is 21.3. The van der Waals surface area contributed by atoms with Crippen LogP contribution in [0.25, 0.3) is 0 Å². The van der Waals surface area contributed by atoms with Gasteiger partial charge in [0.05, 0.1) is 14.2 Å². The summed E-state index contributed by atoms with van der Waals surface area (Å²) in [6.07, 6.45) is 0.812. The molecule has 0 aromatic heterocycles. The van der Waals surface area contributed by atoms with Crippen LogP contribution in [0, 0.1) is 0 Å². The Balaban J connectivity index is 1.77. The lowest BCUT2D eigenvalue weighted by molar-refractivity contribution is -0.152. The second-order valence-electron chi connectivity index (χ2n) is 9.29. The fourth-order valence-corrected chi connectivity index (χ4v) is 5.42. The Morgan fingerprint density at radius 2 is 1.53 bits per heavy atom. The van der Waals surface area contributed by atoms with Crippen molar-refractivity contribution in [2.45, 2.75) is 31.0 Å². The zero-order chi connectivity index (χ0) is 25.3. The third-order valence-corrected chi connectivity index (χ3v) is 7.09. The maximum absolute atomic E-state index is 13.2. The maximum atomic E-state index is 13.2. The topological polar surface area (TPSA) is 68.0 Å². The molecule has 1 fully saturated rings. The number of carbonyl (C=O) groups excluding carboxylic acids is 1. The fraction of sp³-hybridized carbons (Fsp3) is 0.367. The second-order valence-corrected chi connectivity index (χ2v) is 9.29. The molecule has 0 aliphatic carbocycles. The van der Waals surface area contributed by atoms with Crippen molar-refractivity contribution in [2.24, 2.45) is 5.73 Å². The van der Waals surface area contributed by atoms with Crippen LogP contribution in [-0.2, 0) is 16.1 Å². The first-order valence-corrected chi connectivity index (χ1v) is 12.6. The Labute approximate surface area is 214 Å². The lowest BCUT2D eigenvalue weighted by Gasteiger charge is -2.48. The van der Waals surface area contributed by atoms with E-state index in [4.69, 9.17) is 15.2 Å². The Hall–Kier alpha value is -3.19.